The number of benzene rings is 1. The molecule has 3 N–H and O–H groups in total. The molecule has 1 aromatic carbocycles. The highest BCUT2D eigenvalue weighted by Crippen LogP contribution is 2.06. The van der Waals surface area contributed by atoms with Crippen molar-refractivity contribution in [2.24, 2.45) is 0 Å². The number of hydrogen-bond acceptors (Lipinski definition) is 3. The Morgan fingerprint density at radius 2 is 2.20 bits per heavy atom. The van der Waals surface area contributed by atoms with Crippen molar-refractivity contribution in [2.75, 3.05) is 18.8 Å². The molecule has 0 radical (unpaired) electrons. The van der Waals surface area contributed by atoms with E-state index in [1.54, 1.807) is 0 Å². The molecule has 0 heterocycles. The molecule has 0 saturated carbocycles. The normalized spacial score (nSPS) is 9.80. The van der Waals surface area contributed by atoms with Gasteiger partial charge in [-0.15, -0.1) is 0 Å². The molecule has 1 aromatic rings. The van der Waals surface area contributed by atoms with Crippen LogP contribution in [0.25, 0.3) is 0 Å². The summed E-state index contributed by atoms with van der Waals surface area (Å²) in [4.78, 5) is 0. The molecule has 3 heteroatoms. The van der Waals surface area contributed by atoms with Gasteiger partial charge in [-0.05, 0) is 43.6 Å². The average Bonchev–Trinajstić information content (AvgIpc) is 2.23. The number of nitrogens with two attached hydrogens (primary N) is 1. The lowest BCUT2D eigenvalue weighted by Gasteiger charge is -2.04. The molecule has 0 spiro atoms. The number of nitrogens with zero attached hydrogens (tertiary/aromatic N) is 1. The van der Waals surface area contributed by atoms with E-state index in [-0.39, 0.29) is 0 Å². The SMILES string of the molecule is N#CCCCNCCc1cccc(N)c1. The molecule has 0 aliphatic heterocycles. The van der Waals surface area contributed by atoms with Gasteiger partial charge in [-0.1, -0.05) is 12.1 Å². The van der Waals surface area contributed by atoms with Crippen molar-refractivity contribution in [1.29, 1.82) is 5.26 Å². The fourth-order valence-corrected chi connectivity index (χ4v) is 1.40. The van der Waals surface area contributed by atoms with Crippen LogP contribution in [-0.2, 0) is 6.42 Å². The second-order valence-corrected chi connectivity index (χ2v) is 3.51. The summed E-state index contributed by atoms with van der Waals surface area (Å²) in [7, 11) is 0. The molecule has 0 amide bonds. The Morgan fingerprint density at radius 3 is 2.93 bits per heavy atom. The molecule has 0 fully saturated rings. The first-order chi connectivity index (χ1) is 7.33. The summed E-state index contributed by atoms with van der Waals surface area (Å²) in [5.41, 5.74) is 7.74. The van der Waals surface area contributed by atoms with Gasteiger partial charge in [0.2, 0.25) is 0 Å². The van der Waals surface area contributed by atoms with Gasteiger partial charge in [-0.2, -0.15) is 5.26 Å². The summed E-state index contributed by atoms with van der Waals surface area (Å²) in [5, 5.41) is 11.6. The zero-order chi connectivity index (χ0) is 10.9. The predicted octanol–water partition coefficient (Wildman–Crippen LogP) is 1.70. The third kappa shape index (κ3) is 5.04. The van der Waals surface area contributed by atoms with E-state index in [1.807, 2.05) is 18.2 Å². The topological polar surface area (TPSA) is 61.8 Å². The van der Waals surface area contributed by atoms with E-state index in [0.29, 0.717) is 6.42 Å². The van der Waals surface area contributed by atoms with Crippen LogP contribution in [0.5, 0.6) is 0 Å². The van der Waals surface area contributed by atoms with Gasteiger partial charge in [0.15, 0.2) is 0 Å². The Balaban J connectivity index is 2.13. The summed E-state index contributed by atoms with van der Waals surface area (Å²) >= 11 is 0. The van der Waals surface area contributed by atoms with E-state index < -0.39 is 0 Å². The average molecular weight is 203 g/mol. The Hall–Kier alpha value is -1.53. The molecule has 0 aliphatic rings. The molecule has 80 valence electrons. The zero-order valence-corrected chi connectivity index (χ0v) is 8.87. The Bertz CT molecular complexity index is 328. The maximum Gasteiger partial charge on any atom is 0.0622 e. The number of unbranched alkanes of at least 4 members (excludes halogenated alkanes) is 1. The largest absolute Gasteiger partial charge is 0.399 e. The molecule has 3 nitrogen and oxygen atoms in total. The van der Waals surface area contributed by atoms with E-state index in [2.05, 4.69) is 17.5 Å². The van der Waals surface area contributed by atoms with Crippen molar-refractivity contribution in [1.82, 2.24) is 5.32 Å². The number of nitriles is 1. The smallest absolute Gasteiger partial charge is 0.0622 e. The van der Waals surface area contributed by atoms with Crippen LogP contribution in [0.1, 0.15) is 18.4 Å². The summed E-state index contributed by atoms with van der Waals surface area (Å²) in [6.45, 7) is 1.85. The minimum absolute atomic E-state index is 0.630. The van der Waals surface area contributed by atoms with E-state index in [9.17, 15) is 0 Å². The number of nitrogens with one attached hydrogen (secondary N) is 1. The first kappa shape index (κ1) is 11.5. The fraction of sp³-hybridized carbons (Fsp3) is 0.417. The van der Waals surface area contributed by atoms with Gasteiger partial charge in [0.1, 0.15) is 0 Å². The quantitative estimate of drug-likeness (QED) is 0.546. The molecule has 0 atom stereocenters. The first-order valence-electron chi connectivity index (χ1n) is 5.25. The molecule has 0 aliphatic carbocycles. The van der Waals surface area contributed by atoms with Gasteiger partial charge >= 0.3 is 0 Å². The van der Waals surface area contributed by atoms with E-state index in [0.717, 1.165) is 31.6 Å². The van der Waals surface area contributed by atoms with Crippen molar-refractivity contribution < 1.29 is 0 Å². The van der Waals surface area contributed by atoms with Crippen LogP contribution in [0.4, 0.5) is 5.69 Å². The highest BCUT2D eigenvalue weighted by molar-refractivity contribution is 5.40. The van der Waals surface area contributed by atoms with Crippen molar-refractivity contribution in [3.05, 3.63) is 29.8 Å². The second-order valence-electron chi connectivity index (χ2n) is 3.51. The van der Waals surface area contributed by atoms with Crippen LogP contribution in [0.15, 0.2) is 24.3 Å². The van der Waals surface area contributed by atoms with E-state index in [1.165, 1.54) is 5.56 Å². The van der Waals surface area contributed by atoms with Gasteiger partial charge in [0, 0.05) is 12.1 Å². The Kier molecular flexibility index (Phi) is 5.28. The molecule has 0 unspecified atom stereocenters. The minimum Gasteiger partial charge on any atom is -0.399 e. The maximum absolute atomic E-state index is 8.34. The third-order valence-corrected chi connectivity index (χ3v) is 2.18. The Labute approximate surface area is 90.9 Å². The lowest BCUT2D eigenvalue weighted by atomic mass is 10.1. The molecule has 15 heavy (non-hydrogen) atoms. The number of rotatable bonds is 6. The second kappa shape index (κ2) is 6.86. The molecule has 0 aromatic heterocycles. The van der Waals surface area contributed by atoms with Crippen LogP contribution in [0, 0.1) is 11.3 Å². The molecule has 0 bridgehead atoms. The minimum atomic E-state index is 0.630. The number of anilines is 1. The van der Waals surface area contributed by atoms with Gasteiger partial charge < -0.3 is 11.1 Å². The van der Waals surface area contributed by atoms with Crippen molar-refractivity contribution in [3.63, 3.8) is 0 Å². The lowest BCUT2D eigenvalue weighted by Crippen LogP contribution is -2.18. The molecular formula is C12H17N3. The predicted molar refractivity (Wildman–Crippen MR) is 62.3 cm³/mol. The van der Waals surface area contributed by atoms with Crippen molar-refractivity contribution in [2.45, 2.75) is 19.3 Å². The first-order valence-corrected chi connectivity index (χ1v) is 5.25. The van der Waals surface area contributed by atoms with Gasteiger partial charge in [0.05, 0.1) is 6.07 Å². The third-order valence-electron chi connectivity index (χ3n) is 2.18. The molecular weight excluding hydrogens is 186 g/mol. The monoisotopic (exact) mass is 203 g/mol. The van der Waals surface area contributed by atoms with Gasteiger partial charge in [-0.3, -0.25) is 0 Å². The molecule has 1 rings (SSSR count). The van der Waals surface area contributed by atoms with Gasteiger partial charge in [0.25, 0.3) is 0 Å². The summed E-state index contributed by atoms with van der Waals surface area (Å²) in [5.74, 6) is 0. The Morgan fingerprint density at radius 1 is 1.33 bits per heavy atom. The highest BCUT2D eigenvalue weighted by Gasteiger charge is 1.93. The van der Waals surface area contributed by atoms with Crippen LogP contribution in [0.3, 0.4) is 0 Å². The van der Waals surface area contributed by atoms with Crippen LogP contribution >= 0.6 is 0 Å². The van der Waals surface area contributed by atoms with E-state index >= 15 is 0 Å². The maximum atomic E-state index is 8.34. The number of hydrogen-bond donors (Lipinski definition) is 2. The van der Waals surface area contributed by atoms with Gasteiger partial charge in [-0.25, -0.2) is 0 Å². The van der Waals surface area contributed by atoms with Crippen LogP contribution in [-0.4, -0.2) is 13.1 Å². The zero-order valence-electron chi connectivity index (χ0n) is 8.87. The highest BCUT2D eigenvalue weighted by atomic mass is 14.8. The fourth-order valence-electron chi connectivity index (χ4n) is 1.40. The molecule has 0 saturated heterocycles. The van der Waals surface area contributed by atoms with Crippen LogP contribution in [0.2, 0.25) is 0 Å². The lowest BCUT2D eigenvalue weighted by molar-refractivity contribution is 0.655. The van der Waals surface area contributed by atoms with Crippen molar-refractivity contribution in [3.8, 4) is 6.07 Å². The summed E-state index contributed by atoms with van der Waals surface area (Å²) in [6, 6.07) is 10.1. The van der Waals surface area contributed by atoms with Crippen molar-refractivity contribution >= 4 is 5.69 Å². The number of nitrogen functional groups attached to an aromatic ring is 1. The summed E-state index contributed by atoms with van der Waals surface area (Å²) in [6.07, 6.45) is 2.54. The van der Waals surface area contributed by atoms with E-state index in [4.69, 9.17) is 11.0 Å². The standard InChI is InChI=1S/C12H17N3/c13-7-1-2-8-15-9-6-11-4-3-5-12(14)10-11/h3-5,10,15H,1-2,6,8-9,14H2. The summed E-state index contributed by atoms with van der Waals surface area (Å²) < 4.78 is 0. The van der Waals surface area contributed by atoms with Crippen LogP contribution < -0.4 is 11.1 Å².